The van der Waals surface area contributed by atoms with Crippen LogP contribution in [0.2, 0.25) is 0 Å². The van der Waals surface area contributed by atoms with E-state index in [4.69, 9.17) is 4.74 Å². The summed E-state index contributed by atoms with van der Waals surface area (Å²) in [6.07, 6.45) is 13.5. The maximum Gasteiger partial charge on any atom is 0.306 e. The van der Waals surface area contributed by atoms with Crippen molar-refractivity contribution in [3.05, 3.63) is 0 Å². The molecule has 0 saturated carbocycles. The zero-order chi connectivity index (χ0) is 14.3. The van der Waals surface area contributed by atoms with Gasteiger partial charge in [-0.15, -0.1) is 0 Å². The molecule has 0 fully saturated rings. The van der Waals surface area contributed by atoms with Crippen LogP contribution in [0, 0.1) is 0 Å². The second-order valence-electron chi connectivity index (χ2n) is 5.56. The van der Waals surface area contributed by atoms with Crippen molar-refractivity contribution in [2.24, 2.45) is 0 Å². The molecule has 0 aliphatic carbocycles. The molecule has 0 rings (SSSR count). The molecule has 0 heterocycles. The van der Waals surface area contributed by atoms with Gasteiger partial charge in [0.1, 0.15) is 6.10 Å². The Kier molecular flexibility index (Phi) is 13.5. The third kappa shape index (κ3) is 12.3. The van der Waals surface area contributed by atoms with Crippen molar-refractivity contribution in [2.45, 2.75) is 104 Å². The minimum Gasteiger partial charge on any atom is -0.462 e. The lowest BCUT2D eigenvalue weighted by atomic mass is 10.1. The fourth-order valence-electron chi connectivity index (χ4n) is 2.26. The summed E-state index contributed by atoms with van der Waals surface area (Å²) >= 11 is 0. The smallest absolute Gasteiger partial charge is 0.306 e. The Morgan fingerprint density at radius 1 is 0.789 bits per heavy atom. The monoisotopic (exact) mass is 270 g/mol. The van der Waals surface area contributed by atoms with E-state index in [1.165, 1.54) is 44.9 Å². The summed E-state index contributed by atoms with van der Waals surface area (Å²) in [6.45, 7) is 6.59. The van der Waals surface area contributed by atoms with E-state index in [2.05, 4.69) is 20.8 Å². The zero-order valence-corrected chi connectivity index (χ0v) is 13.4. The molecule has 0 aromatic carbocycles. The third-order valence-corrected chi connectivity index (χ3v) is 3.54. The standard InChI is InChI=1S/C17H34O2/c1-4-7-10-12-15-17(18)19-16(13-9-6-3)14-11-8-5-2/h16H,4-15H2,1-3H3. The number of ether oxygens (including phenoxy) is 1. The van der Waals surface area contributed by atoms with Crippen LogP contribution in [-0.2, 0) is 9.53 Å². The van der Waals surface area contributed by atoms with Crippen LogP contribution in [0.15, 0.2) is 0 Å². The van der Waals surface area contributed by atoms with Crippen LogP contribution < -0.4 is 0 Å². The lowest BCUT2D eigenvalue weighted by molar-refractivity contribution is -0.150. The molecule has 1 atom stereocenters. The Morgan fingerprint density at radius 3 is 2.00 bits per heavy atom. The number of esters is 1. The second kappa shape index (κ2) is 13.9. The van der Waals surface area contributed by atoms with Crippen molar-refractivity contribution < 1.29 is 9.53 Å². The van der Waals surface area contributed by atoms with Gasteiger partial charge in [-0.25, -0.2) is 0 Å². The largest absolute Gasteiger partial charge is 0.462 e. The molecule has 19 heavy (non-hydrogen) atoms. The van der Waals surface area contributed by atoms with Gasteiger partial charge in [0.2, 0.25) is 0 Å². The normalized spacial score (nSPS) is 12.4. The van der Waals surface area contributed by atoms with Gasteiger partial charge in [-0.3, -0.25) is 4.79 Å². The van der Waals surface area contributed by atoms with Gasteiger partial charge in [0.25, 0.3) is 0 Å². The first-order chi connectivity index (χ1) is 9.24. The molecule has 0 aromatic heterocycles. The SMILES string of the molecule is CCCCCCC(=O)OC(CCCC)CCCCC. The highest BCUT2D eigenvalue weighted by Gasteiger charge is 2.13. The van der Waals surface area contributed by atoms with Gasteiger partial charge < -0.3 is 4.74 Å². The fraction of sp³-hybridized carbons (Fsp3) is 0.941. The first-order valence-corrected chi connectivity index (χ1v) is 8.44. The molecule has 1 unspecified atom stereocenters. The highest BCUT2D eigenvalue weighted by Crippen LogP contribution is 2.15. The quantitative estimate of drug-likeness (QED) is 0.320. The molecule has 0 spiro atoms. The molecule has 0 amide bonds. The van der Waals surface area contributed by atoms with Crippen molar-refractivity contribution in [1.29, 1.82) is 0 Å². The van der Waals surface area contributed by atoms with E-state index in [0.29, 0.717) is 6.42 Å². The first kappa shape index (κ1) is 18.5. The Bertz CT molecular complexity index is 201. The lowest BCUT2D eigenvalue weighted by Gasteiger charge is -2.17. The number of carbonyl (C=O) groups excluding carboxylic acids is 1. The predicted octanol–water partition coefficient (Wildman–Crippen LogP) is 5.64. The Hall–Kier alpha value is -0.530. The average Bonchev–Trinajstić information content (AvgIpc) is 2.41. The van der Waals surface area contributed by atoms with Crippen LogP contribution in [0.4, 0.5) is 0 Å². The molecule has 0 saturated heterocycles. The van der Waals surface area contributed by atoms with Crippen LogP contribution in [0.5, 0.6) is 0 Å². The number of hydrogen-bond acceptors (Lipinski definition) is 2. The van der Waals surface area contributed by atoms with Crippen LogP contribution in [0.1, 0.15) is 97.8 Å². The van der Waals surface area contributed by atoms with Gasteiger partial charge in [-0.2, -0.15) is 0 Å². The van der Waals surface area contributed by atoms with E-state index in [1.807, 2.05) is 0 Å². The Morgan fingerprint density at radius 2 is 1.37 bits per heavy atom. The summed E-state index contributed by atoms with van der Waals surface area (Å²) in [5, 5.41) is 0. The summed E-state index contributed by atoms with van der Waals surface area (Å²) in [4.78, 5) is 11.8. The second-order valence-corrected chi connectivity index (χ2v) is 5.56. The van der Waals surface area contributed by atoms with Gasteiger partial charge in [0, 0.05) is 6.42 Å². The van der Waals surface area contributed by atoms with Gasteiger partial charge in [0.15, 0.2) is 0 Å². The van der Waals surface area contributed by atoms with Gasteiger partial charge in [-0.05, 0) is 25.7 Å². The summed E-state index contributed by atoms with van der Waals surface area (Å²) < 4.78 is 5.64. The highest BCUT2D eigenvalue weighted by atomic mass is 16.5. The number of hydrogen-bond donors (Lipinski definition) is 0. The summed E-state index contributed by atoms with van der Waals surface area (Å²) in [7, 11) is 0. The zero-order valence-electron chi connectivity index (χ0n) is 13.4. The lowest BCUT2D eigenvalue weighted by Crippen LogP contribution is -2.18. The highest BCUT2D eigenvalue weighted by molar-refractivity contribution is 5.69. The average molecular weight is 270 g/mol. The van der Waals surface area contributed by atoms with Crippen LogP contribution in [-0.4, -0.2) is 12.1 Å². The summed E-state index contributed by atoms with van der Waals surface area (Å²) in [6, 6.07) is 0. The van der Waals surface area contributed by atoms with Gasteiger partial charge in [0.05, 0.1) is 0 Å². The third-order valence-electron chi connectivity index (χ3n) is 3.54. The van der Waals surface area contributed by atoms with Gasteiger partial charge >= 0.3 is 5.97 Å². The van der Waals surface area contributed by atoms with Crippen LogP contribution in [0.25, 0.3) is 0 Å². The summed E-state index contributed by atoms with van der Waals surface area (Å²) in [5.74, 6) is 0.0219. The number of carbonyl (C=O) groups is 1. The van der Waals surface area contributed by atoms with Crippen molar-refractivity contribution in [2.75, 3.05) is 0 Å². The van der Waals surface area contributed by atoms with Crippen LogP contribution >= 0.6 is 0 Å². The van der Waals surface area contributed by atoms with E-state index in [-0.39, 0.29) is 12.1 Å². The first-order valence-electron chi connectivity index (χ1n) is 8.44. The molecular weight excluding hydrogens is 236 g/mol. The number of rotatable bonds is 13. The molecule has 2 nitrogen and oxygen atoms in total. The van der Waals surface area contributed by atoms with E-state index < -0.39 is 0 Å². The fourth-order valence-corrected chi connectivity index (χ4v) is 2.26. The predicted molar refractivity (Wildman–Crippen MR) is 82.3 cm³/mol. The van der Waals surface area contributed by atoms with Crippen molar-refractivity contribution >= 4 is 5.97 Å². The summed E-state index contributed by atoms with van der Waals surface area (Å²) in [5.41, 5.74) is 0. The molecule has 0 N–H and O–H groups in total. The van der Waals surface area contributed by atoms with E-state index in [9.17, 15) is 4.79 Å². The Labute approximate surface area is 120 Å². The molecule has 0 aliphatic heterocycles. The molecule has 0 aliphatic rings. The molecule has 2 heteroatoms. The van der Waals surface area contributed by atoms with Crippen LogP contribution in [0.3, 0.4) is 0 Å². The van der Waals surface area contributed by atoms with Crippen molar-refractivity contribution in [1.82, 2.24) is 0 Å². The maximum atomic E-state index is 11.8. The van der Waals surface area contributed by atoms with E-state index in [0.717, 1.165) is 25.7 Å². The minimum absolute atomic E-state index is 0.0219. The Balaban J connectivity index is 3.82. The molecule has 114 valence electrons. The molecule has 0 aromatic rings. The van der Waals surface area contributed by atoms with Gasteiger partial charge in [-0.1, -0.05) is 65.7 Å². The molecule has 0 bridgehead atoms. The maximum absolute atomic E-state index is 11.8. The topological polar surface area (TPSA) is 26.3 Å². The molecular formula is C17H34O2. The van der Waals surface area contributed by atoms with Crippen molar-refractivity contribution in [3.8, 4) is 0 Å². The molecule has 0 radical (unpaired) electrons. The van der Waals surface area contributed by atoms with E-state index in [1.54, 1.807) is 0 Å². The number of unbranched alkanes of at least 4 members (excludes halogenated alkanes) is 6. The van der Waals surface area contributed by atoms with Crippen molar-refractivity contribution in [3.63, 3.8) is 0 Å². The minimum atomic E-state index is 0.0219. The van der Waals surface area contributed by atoms with E-state index >= 15 is 0 Å².